The van der Waals surface area contributed by atoms with Crippen LogP contribution >= 0.6 is 0 Å². The number of carbonyl (C=O) groups excluding carboxylic acids is 1. The highest BCUT2D eigenvalue weighted by Gasteiger charge is 2.18. The van der Waals surface area contributed by atoms with Crippen LogP contribution in [0.4, 0.5) is 4.79 Å². The Morgan fingerprint density at radius 2 is 2.13 bits per heavy atom. The summed E-state index contributed by atoms with van der Waals surface area (Å²) in [6.45, 7) is 3.70. The summed E-state index contributed by atoms with van der Waals surface area (Å²) in [6.07, 6.45) is 4.63. The Balaban J connectivity index is 2.35. The summed E-state index contributed by atoms with van der Waals surface area (Å²) in [5.41, 5.74) is 0. The van der Waals surface area contributed by atoms with Crippen LogP contribution in [0.5, 0.6) is 0 Å². The van der Waals surface area contributed by atoms with Crippen LogP contribution in [0.1, 0.15) is 39.0 Å². The highest BCUT2D eigenvalue weighted by molar-refractivity contribution is 5.74. The molecule has 0 spiro atoms. The minimum atomic E-state index is -0.00296. The van der Waals surface area contributed by atoms with Crippen molar-refractivity contribution in [1.82, 2.24) is 10.2 Å². The van der Waals surface area contributed by atoms with E-state index in [2.05, 4.69) is 11.4 Å². The van der Waals surface area contributed by atoms with E-state index in [1.807, 2.05) is 11.8 Å². The molecule has 1 N–H and O–H groups in total. The summed E-state index contributed by atoms with van der Waals surface area (Å²) in [5.74, 6) is 0. The average Bonchev–Trinajstić information content (AvgIpc) is 2.29. The fourth-order valence-corrected chi connectivity index (χ4v) is 1.77. The molecular weight excluding hydrogens is 190 g/mol. The van der Waals surface area contributed by atoms with Gasteiger partial charge in [0.1, 0.15) is 0 Å². The molecule has 4 heteroatoms. The summed E-state index contributed by atoms with van der Waals surface area (Å²) in [6, 6.07) is 2.09. The fourth-order valence-electron chi connectivity index (χ4n) is 1.77. The number of carbonyl (C=O) groups is 1. The summed E-state index contributed by atoms with van der Waals surface area (Å²) >= 11 is 0. The molecule has 1 atom stereocenters. The van der Waals surface area contributed by atoms with Crippen LogP contribution < -0.4 is 5.32 Å². The largest absolute Gasteiger partial charge is 0.334 e. The Bertz CT molecular complexity index is 241. The van der Waals surface area contributed by atoms with E-state index in [1.54, 1.807) is 0 Å². The van der Waals surface area contributed by atoms with Gasteiger partial charge in [-0.3, -0.25) is 0 Å². The zero-order valence-electron chi connectivity index (χ0n) is 9.33. The highest BCUT2D eigenvalue weighted by Crippen LogP contribution is 2.09. The van der Waals surface area contributed by atoms with Gasteiger partial charge in [-0.1, -0.05) is 6.92 Å². The topological polar surface area (TPSA) is 56.1 Å². The van der Waals surface area contributed by atoms with E-state index >= 15 is 0 Å². The molecule has 0 radical (unpaired) electrons. The van der Waals surface area contributed by atoms with Crippen LogP contribution in [0.15, 0.2) is 0 Å². The van der Waals surface area contributed by atoms with Crippen molar-refractivity contribution in [3.05, 3.63) is 0 Å². The van der Waals surface area contributed by atoms with Crippen LogP contribution in [0.25, 0.3) is 0 Å². The Hall–Kier alpha value is -1.24. The van der Waals surface area contributed by atoms with Crippen molar-refractivity contribution in [3.8, 4) is 6.07 Å². The van der Waals surface area contributed by atoms with Crippen molar-refractivity contribution in [2.24, 2.45) is 0 Å². The monoisotopic (exact) mass is 209 g/mol. The molecule has 0 saturated carbocycles. The average molecular weight is 209 g/mol. The van der Waals surface area contributed by atoms with E-state index in [0.29, 0.717) is 6.42 Å². The van der Waals surface area contributed by atoms with Gasteiger partial charge in [0.25, 0.3) is 0 Å². The maximum atomic E-state index is 11.7. The van der Waals surface area contributed by atoms with E-state index in [0.717, 1.165) is 32.4 Å². The second kappa shape index (κ2) is 6.28. The standard InChI is InChI=1S/C11H19N3O/c1-2-10(6-7-12)13-11(15)14-8-4-3-5-9-14/h10H,2-6,8-9H2,1H3,(H,13,15). The molecule has 0 aromatic rings. The lowest BCUT2D eigenvalue weighted by Gasteiger charge is -2.28. The molecule has 4 nitrogen and oxygen atoms in total. The third-order valence-corrected chi connectivity index (χ3v) is 2.80. The number of urea groups is 1. The van der Waals surface area contributed by atoms with Gasteiger partial charge >= 0.3 is 6.03 Å². The van der Waals surface area contributed by atoms with Gasteiger partial charge in [0.05, 0.1) is 12.5 Å². The lowest BCUT2D eigenvalue weighted by Crippen LogP contribution is -2.46. The van der Waals surface area contributed by atoms with Gasteiger partial charge in [-0.05, 0) is 25.7 Å². The molecule has 2 amide bonds. The zero-order chi connectivity index (χ0) is 11.1. The quantitative estimate of drug-likeness (QED) is 0.771. The maximum Gasteiger partial charge on any atom is 0.317 e. The molecule has 0 aromatic carbocycles. The minimum Gasteiger partial charge on any atom is -0.334 e. The van der Waals surface area contributed by atoms with Crippen molar-refractivity contribution >= 4 is 6.03 Å². The molecule has 84 valence electrons. The van der Waals surface area contributed by atoms with Crippen LogP contribution in [0, 0.1) is 11.3 Å². The summed E-state index contributed by atoms with van der Waals surface area (Å²) in [5, 5.41) is 11.5. The summed E-state index contributed by atoms with van der Waals surface area (Å²) in [7, 11) is 0. The van der Waals surface area contributed by atoms with Gasteiger partial charge in [0.15, 0.2) is 0 Å². The molecule has 1 heterocycles. The molecule has 1 rings (SSSR count). The lowest BCUT2D eigenvalue weighted by molar-refractivity contribution is 0.182. The van der Waals surface area contributed by atoms with Crippen molar-refractivity contribution in [2.45, 2.75) is 45.1 Å². The van der Waals surface area contributed by atoms with Crippen LogP contribution in [0.2, 0.25) is 0 Å². The highest BCUT2D eigenvalue weighted by atomic mass is 16.2. The number of nitrogens with zero attached hydrogens (tertiary/aromatic N) is 2. The number of hydrogen-bond donors (Lipinski definition) is 1. The van der Waals surface area contributed by atoms with E-state index in [9.17, 15) is 4.79 Å². The van der Waals surface area contributed by atoms with E-state index < -0.39 is 0 Å². The lowest BCUT2D eigenvalue weighted by atomic mass is 10.1. The van der Waals surface area contributed by atoms with Gasteiger partial charge in [0.2, 0.25) is 0 Å². The summed E-state index contributed by atoms with van der Waals surface area (Å²) < 4.78 is 0. The molecule has 1 fully saturated rings. The predicted octanol–water partition coefficient (Wildman–Crippen LogP) is 1.87. The third-order valence-electron chi connectivity index (χ3n) is 2.80. The third kappa shape index (κ3) is 3.78. The number of rotatable bonds is 3. The molecule has 1 aliphatic rings. The Kier molecular flexibility index (Phi) is 4.96. The van der Waals surface area contributed by atoms with E-state index in [-0.39, 0.29) is 12.1 Å². The number of hydrogen-bond acceptors (Lipinski definition) is 2. The zero-order valence-corrected chi connectivity index (χ0v) is 9.33. The molecule has 0 aromatic heterocycles. The first-order valence-electron chi connectivity index (χ1n) is 5.70. The van der Waals surface area contributed by atoms with Crippen molar-refractivity contribution in [2.75, 3.05) is 13.1 Å². The normalized spacial score (nSPS) is 18.0. The number of likely N-dealkylation sites (tertiary alicyclic amines) is 1. The molecule has 0 aliphatic carbocycles. The second-order valence-electron chi connectivity index (χ2n) is 3.96. The van der Waals surface area contributed by atoms with Gasteiger partial charge in [-0.25, -0.2) is 4.79 Å². The van der Waals surface area contributed by atoms with Gasteiger partial charge in [-0.15, -0.1) is 0 Å². The molecule has 1 unspecified atom stereocenters. The molecule has 15 heavy (non-hydrogen) atoms. The maximum absolute atomic E-state index is 11.7. The smallest absolute Gasteiger partial charge is 0.317 e. The molecule has 1 aliphatic heterocycles. The Labute approximate surface area is 91.2 Å². The predicted molar refractivity (Wildman–Crippen MR) is 58.3 cm³/mol. The van der Waals surface area contributed by atoms with Crippen LogP contribution in [-0.4, -0.2) is 30.1 Å². The van der Waals surface area contributed by atoms with Gasteiger partial charge in [0, 0.05) is 19.1 Å². The van der Waals surface area contributed by atoms with Gasteiger partial charge in [-0.2, -0.15) is 5.26 Å². The van der Waals surface area contributed by atoms with E-state index in [4.69, 9.17) is 5.26 Å². The number of nitrogens with one attached hydrogen (secondary N) is 1. The molecular formula is C11H19N3O. The first kappa shape index (κ1) is 11.8. The number of amides is 2. The van der Waals surface area contributed by atoms with Crippen LogP contribution in [0.3, 0.4) is 0 Å². The summed E-state index contributed by atoms with van der Waals surface area (Å²) in [4.78, 5) is 13.6. The fraction of sp³-hybridized carbons (Fsp3) is 0.818. The van der Waals surface area contributed by atoms with Crippen molar-refractivity contribution in [1.29, 1.82) is 5.26 Å². The van der Waals surface area contributed by atoms with Crippen molar-refractivity contribution < 1.29 is 4.79 Å². The van der Waals surface area contributed by atoms with E-state index in [1.165, 1.54) is 6.42 Å². The molecule has 0 bridgehead atoms. The first-order valence-corrected chi connectivity index (χ1v) is 5.70. The number of nitriles is 1. The first-order chi connectivity index (χ1) is 7.27. The number of piperidine rings is 1. The van der Waals surface area contributed by atoms with Crippen molar-refractivity contribution in [3.63, 3.8) is 0 Å². The minimum absolute atomic E-state index is 0.00296. The SMILES string of the molecule is CCC(CC#N)NC(=O)N1CCCCC1. The van der Waals surface area contributed by atoms with Crippen LogP contribution in [-0.2, 0) is 0 Å². The Morgan fingerprint density at radius 1 is 1.47 bits per heavy atom. The van der Waals surface area contributed by atoms with Gasteiger partial charge < -0.3 is 10.2 Å². The second-order valence-corrected chi connectivity index (χ2v) is 3.96. The Morgan fingerprint density at radius 3 is 2.67 bits per heavy atom. The molecule has 1 saturated heterocycles.